The van der Waals surface area contributed by atoms with E-state index >= 15 is 0 Å². The third kappa shape index (κ3) is 3.20. The number of benzene rings is 1. The molecule has 3 heteroatoms. The number of allylic oxidation sites excluding steroid dienone is 1. The predicted octanol–water partition coefficient (Wildman–Crippen LogP) is 4.83. The van der Waals surface area contributed by atoms with Crippen LogP contribution >= 0.6 is 11.6 Å². The summed E-state index contributed by atoms with van der Waals surface area (Å²) in [6, 6.07) is 11.6. The summed E-state index contributed by atoms with van der Waals surface area (Å²) in [6.45, 7) is 0. The second-order valence-electron chi connectivity index (χ2n) is 5.02. The van der Waals surface area contributed by atoms with Crippen LogP contribution in [0.5, 0.6) is 5.75 Å². The van der Waals surface area contributed by atoms with Gasteiger partial charge in [-0.1, -0.05) is 17.7 Å². The van der Waals surface area contributed by atoms with Crippen molar-refractivity contribution in [2.75, 3.05) is 7.11 Å². The fourth-order valence-corrected chi connectivity index (χ4v) is 2.25. The number of ether oxygens (including phenoxy) is 1. The molecule has 102 valence electrons. The Hall–Kier alpha value is -1.80. The van der Waals surface area contributed by atoms with Crippen molar-refractivity contribution in [3.8, 4) is 17.0 Å². The lowest BCUT2D eigenvalue weighted by atomic mass is 10.1. The molecule has 2 aromatic rings. The standard InChI is InChI=1S/C17H16ClNO/c1-20-16-8-5-13(6-9-16)17-11-14(18)10-15(19-17)7-4-12-2-3-12/h4-12H,2-3H2,1H3/b7-4+. The molecule has 3 rings (SSSR count). The van der Waals surface area contributed by atoms with E-state index in [0.29, 0.717) is 5.02 Å². The van der Waals surface area contributed by atoms with Crippen LogP contribution in [-0.4, -0.2) is 12.1 Å². The Balaban J connectivity index is 1.90. The van der Waals surface area contributed by atoms with Gasteiger partial charge in [0.1, 0.15) is 5.75 Å². The van der Waals surface area contributed by atoms with Crippen LogP contribution in [0, 0.1) is 5.92 Å². The van der Waals surface area contributed by atoms with E-state index in [9.17, 15) is 0 Å². The zero-order valence-corrected chi connectivity index (χ0v) is 12.1. The summed E-state index contributed by atoms with van der Waals surface area (Å²) in [4.78, 5) is 4.65. The molecule has 0 saturated heterocycles. The van der Waals surface area contributed by atoms with Gasteiger partial charge < -0.3 is 4.74 Å². The maximum atomic E-state index is 6.19. The molecule has 0 N–H and O–H groups in total. The zero-order valence-electron chi connectivity index (χ0n) is 11.3. The van der Waals surface area contributed by atoms with E-state index in [1.807, 2.05) is 36.4 Å². The van der Waals surface area contributed by atoms with Crippen LogP contribution in [0.2, 0.25) is 5.02 Å². The Labute approximate surface area is 124 Å². The Morgan fingerprint density at radius 2 is 1.95 bits per heavy atom. The van der Waals surface area contributed by atoms with Gasteiger partial charge in [0.2, 0.25) is 0 Å². The summed E-state index contributed by atoms with van der Waals surface area (Å²) < 4.78 is 5.17. The van der Waals surface area contributed by atoms with E-state index in [1.54, 1.807) is 7.11 Å². The van der Waals surface area contributed by atoms with Crippen molar-refractivity contribution in [2.45, 2.75) is 12.8 Å². The first-order valence-electron chi connectivity index (χ1n) is 6.75. The molecule has 0 spiro atoms. The molecule has 20 heavy (non-hydrogen) atoms. The molecule has 0 aliphatic heterocycles. The van der Waals surface area contributed by atoms with Crippen molar-refractivity contribution in [3.05, 3.63) is 53.2 Å². The molecule has 1 aromatic carbocycles. The second kappa shape index (κ2) is 5.68. The maximum absolute atomic E-state index is 6.19. The SMILES string of the molecule is COc1ccc(-c2cc(Cl)cc(/C=C/C3CC3)n2)cc1. The normalized spacial score (nSPS) is 14.7. The predicted molar refractivity (Wildman–Crippen MR) is 83.0 cm³/mol. The van der Waals surface area contributed by atoms with Crippen molar-refractivity contribution >= 4 is 17.7 Å². The van der Waals surface area contributed by atoms with E-state index in [-0.39, 0.29) is 0 Å². The summed E-state index contributed by atoms with van der Waals surface area (Å²) in [7, 11) is 1.66. The lowest BCUT2D eigenvalue weighted by molar-refractivity contribution is 0.415. The molecule has 0 unspecified atom stereocenters. The molecule has 1 heterocycles. The van der Waals surface area contributed by atoms with Gasteiger partial charge in [0.05, 0.1) is 18.5 Å². The molecule has 1 saturated carbocycles. The van der Waals surface area contributed by atoms with Crippen molar-refractivity contribution < 1.29 is 4.74 Å². The number of pyridine rings is 1. The minimum atomic E-state index is 0.710. The van der Waals surface area contributed by atoms with Crippen LogP contribution in [0.25, 0.3) is 17.3 Å². The smallest absolute Gasteiger partial charge is 0.118 e. The van der Waals surface area contributed by atoms with E-state index in [2.05, 4.69) is 17.1 Å². The fraction of sp³-hybridized carbons (Fsp3) is 0.235. The Morgan fingerprint density at radius 3 is 2.60 bits per heavy atom. The molecule has 1 fully saturated rings. The van der Waals surface area contributed by atoms with Crippen LogP contribution in [-0.2, 0) is 0 Å². The van der Waals surface area contributed by atoms with Gasteiger partial charge in [-0.2, -0.15) is 0 Å². The molecule has 1 aromatic heterocycles. The number of nitrogens with zero attached hydrogens (tertiary/aromatic N) is 1. The first kappa shape index (κ1) is 13.2. The van der Waals surface area contributed by atoms with Gasteiger partial charge in [-0.05, 0) is 61.2 Å². The monoisotopic (exact) mass is 285 g/mol. The van der Waals surface area contributed by atoms with E-state index < -0.39 is 0 Å². The van der Waals surface area contributed by atoms with Gasteiger partial charge in [0.15, 0.2) is 0 Å². The van der Waals surface area contributed by atoms with Crippen LogP contribution < -0.4 is 4.74 Å². The van der Waals surface area contributed by atoms with Gasteiger partial charge in [0.25, 0.3) is 0 Å². The minimum Gasteiger partial charge on any atom is -0.497 e. The molecular formula is C17H16ClNO. The van der Waals surface area contributed by atoms with Gasteiger partial charge in [-0.15, -0.1) is 0 Å². The first-order chi connectivity index (χ1) is 9.74. The van der Waals surface area contributed by atoms with E-state index in [1.165, 1.54) is 12.8 Å². The van der Waals surface area contributed by atoms with Gasteiger partial charge >= 0.3 is 0 Å². The average Bonchev–Trinajstić information content (AvgIpc) is 3.29. The lowest BCUT2D eigenvalue weighted by Crippen LogP contribution is -1.88. The van der Waals surface area contributed by atoms with Gasteiger partial charge in [0, 0.05) is 10.6 Å². The molecule has 2 nitrogen and oxygen atoms in total. The lowest BCUT2D eigenvalue weighted by Gasteiger charge is -2.05. The minimum absolute atomic E-state index is 0.710. The largest absolute Gasteiger partial charge is 0.497 e. The summed E-state index contributed by atoms with van der Waals surface area (Å²) in [5.41, 5.74) is 2.83. The average molecular weight is 286 g/mol. The number of halogens is 1. The van der Waals surface area contributed by atoms with Crippen LogP contribution in [0.4, 0.5) is 0 Å². The summed E-state index contributed by atoms with van der Waals surface area (Å²) in [5.74, 6) is 1.57. The Morgan fingerprint density at radius 1 is 1.20 bits per heavy atom. The van der Waals surface area contributed by atoms with Crippen molar-refractivity contribution in [1.82, 2.24) is 4.98 Å². The Kier molecular flexibility index (Phi) is 3.75. The Bertz CT molecular complexity index is 630. The van der Waals surface area contributed by atoms with Crippen LogP contribution in [0.3, 0.4) is 0 Å². The van der Waals surface area contributed by atoms with Crippen molar-refractivity contribution in [1.29, 1.82) is 0 Å². The number of aromatic nitrogens is 1. The molecule has 1 aliphatic rings. The summed E-state index contributed by atoms with van der Waals surface area (Å²) in [5, 5.41) is 0.710. The molecular weight excluding hydrogens is 270 g/mol. The fourth-order valence-electron chi connectivity index (χ4n) is 2.04. The van der Waals surface area contributed by atoms with Gasteiger partial charge in [-0.3, -0.25) is 0 Å². The first-order valence-corrected chi connectivity index (χ1v) is 7.12. The van der Waals surface area contributed by atoms with E-state index in [4.69, 9.17) is 16.3 Å². The highest BCUT2D eigenvalue weighted by atomic mass is 35.5. The van der Waals surface area contributed by atoms with Crippen molar-refractivity contribution in [3.63, 3.8) is 0 Å². The van der Waals surface area contributed by atoms with Crippen LogP contribution in [0.15, 0.2) is 42.5 Å². The molecule has 0 bridgehead atoms. The van der Waals surface area contributed by atoms with Crippen LogP contribution in [0.1, 0.15) is 18.5 Å². The quantitative estimate of drug-likeness (QED) is 0.802. The molecule has 0 atom stereocenters. The van der Waals surface area contributed by atoms with Gasteiger partial charge in [-0.25, -0.2) is 4.98 Å². The molecule has 0 amide bonds. The second-order valence-corrected chi connectivity index (χ2v) is 5.46. The third-order valence-electron chi connectivity index (χ3n) is 3.36. The van der Waals surface area contributed by atoms with E-state index in [0.717, 1.165) is 28.6 Å². The maximum Gasteiger partial charge on any atom is 0.118 e. The zero-order chi connectivity index (χ0) is 13.9. The highest BCUT2D eigenvalue weighted by Gasteiger charge is 2.17. The number of methoxy groups -OCH3 is 1. The molecule has 0 radical (unpaired) electrons. The summed E-state index contributed by atoms with van der Waals surface area (Å²) in [6.07, 6.45) is 6.87. The molecule has 1 aliphatic carbocycles. The highest BCUT2D eigenvalue weighted by Crippen LogP contribution is 2.31. The highest BCUT2D eigenvalue weighted by molar-refractivity contribution is 6.30. The number of rotatable bonds is 4. The topological polar surface area (TPSA) is 22.1 Å². The van der Waals surface area contributed by atoms with Crippen molar-refractivity contribution in [2.24, 2.45) is 5.92 Å². The third-order valence-corrected chi connectivity index (χ3v) is 3.58. The summed E-state index contributed by atoms with van der Waals surface area (Å²) >= 11 is 6.19. The number of hydrogen-bond acceptors (Lipinski definition) is 2. The number of hydrogen-bond donors (Lipinski definition) is 0.